The zero-order valence-corrected chi connectivity index (χ0v) is 14.9. The molecule has 2 N–H and O–H groups in total. The summed E-state index contributed by atoms with van der Waals surface area (Å²) in [4.78, 5) is 15.3. The molecule has 1 fully saturated rings. The van der Waals surface area contributed by atoms with Crippen LogP contribution in [0, 0.1) is 0 Å². The first kappa shape index (κ1) is 15.7. The molecule has 0 spiro atoms. The van der Waals surface area contributed by atoms with Crippen LogP contribution in [0.4, 0.5) is 5.69 Å². The summed E-state index contributed by atoms with van der Waals surface area (Å²) in [6, 6.07) is 12.4. The Bertz CT molecular complexity index is 627. The lowest BCUT2D eigenvalue weighted by Gasteiger charge is -2.26. The van der Waals surface area contributed by atoms with E-state index in [1.165, 1.54) is 22.6 Å². The number of benzene rings is 1. The lowest BCUT2D eigenvalue weighted by molar-refractivity contribution is -0.931. The van der Waals surface area contributed by atoms with E-state index in [1.807, 2.05) is 31.2 Å². The zero-order chi connectivity index (χ0) is 15.5. The molecule has 1 unspecified atom stereocenters. The van der Waals surface area contributed by atoms with E-state index in [0.29, 0.717) is 6.04 Å². The molecule has 5 heteroatoms. The molecule has 116 valence electrons. The normalized spacial score (nSPS) is 22.5. The molecule has 3 atom stereocenters. The summed E-state index contributed by atoms with van der Waals surface area (Å²) in [5, 5.41) is 5.16. The molecule has 0 aliphatic carbocycles. The van der Waals surface area contributed by atoms with Crippen molar-refractivity contribution >= 4 is 38.9 Å². The second kappa shape index (κ2) is 6.94. The summed E-state index contributed by atoms with van der Waals surface area (Å²) < 4.78 is 1.02. The maximum atomic E-state index is 12.6. The SMILES string of the molecule is C[C@@H](C(=O)Nc1ccc(Br)cc1)[NH+]1CCC[C@@H]1c1cccs1. The largest absolute Gasteiger partial charge is 0.321 e. The van der Waals surface area contributed by atoms with Crippen LogP contribution in [-0.4, -0.2) is 18.5 Å². The lowest BCUT2D eigenvalue weighted by Crippen LogP contribution is -3.15. The van der Waals surface area contributed by atoms with Crippen LogP contribution in [0.2, 0.25) is 0 Å². The summed E-state index contributed by atoms with van der Waals surface area (Å²) in [7, 11) is 0. The number of quaternary nitrogens is 1. The highest BCUT2D eigenvalue weighted by Crippen LogP contribution is 2.24. The Hall–Kier alpha value is -1.17. The minimum absolute atomic E-state index is 0.0433. The topological polar surface area (TPSA) is 33.5 Å². The van der Waals surface area contributed by atoms with Gasteiger partial charge in [0.2, 0.25) is 0 Å². The Morgan fingerprint density at radius 1 is 1.36 bits per heavy atom. The van der Waals surface area contributed by atoms with Gasteiger partial charge in [0, 0.05) is 23.0 Å². The Kier molecular flexibility index (Phi) is 4.96. The van der Waals surface area contributed by atoms with Crippen molar-refractivity contribution in [2.24, 2.45) is 0 Å². The first-order valence-electron chi connectivity index (χ1n) is 7.60. The van der Waals surface area contributed by atoms with Gasteiger partial charge in [0.05, 0.1) is 11.4 Å². The molecule has 1 aromatic heterocycles. The van der Waals surface area contributed by atoms with E-state index >= 15 is 0 Å². The Morgan fingerprint density at radius 2 is 2.14 bits per heavy atom. The summed E-state index contributed by atoms with van der Waals surface area (Å²) in [6.07, 6.45) is 2.36. The molecule has 0 bridgehead atoms. The van der Waals surface area contributed by atoms with Crippen LogP contribution in [0.1, 0.15) is 30.7 Å². The molecule has 2 aromatic rings. The number of carbonyl (C=O) groups is 1. The van der Waals surface area contributed by atoms with Crippen LogP contribution in [0.25, 0.3) is 0 Å². The van der Waals surface area contributed by atoms with Gasteiger partial charge in [-0.2, -0.15) is 0 Å². The first-order valence-corrected chi connectivity index (χ1v) is 9.28. The minimum atomic E-state index is -0.0433. The van der Waals surface area contributed by atoms with Gasteiger partial charge >= 0.3 is 0 Å². The molecule has 1 amide bonds. The van der Waals surface area contributed by atoms with Crippen molar-refractivity contribution in [1.82, 2.24) is 0 Å². The summed E-state index contributed by atoms with van der Waals surface area (Å²) >= 11 is 5.21. The lowest BCUT2D eigenvalue weighted by atomic mass is 10.1. The van der Waals surface area contributed by atoms with Crippen molar-refractivity contribution in [3.05, 3.63) is 51.1 Å². The van der Waals surface area contributed by atoms with Crippen LogP contribution >= 0.6 is 27.3 Å². The summed E-state index contributed by atoms with van der Waals surface area (Å²) in [5.41, 5.74) is 0.853. The third kappa shape index (κ3) is 3.42. The average molecular weight is 380 g/mol. The smallest absolute Gasteiger partial charge is 0.282 e. The van der Waals surface area contributed by atoms with E-state index in [1.54, 1.807) is 11.3 Å². The highest BCUT2D eigenvalue weighted by molar-refractivity contribution is 9.10. The zero-order valence-electron chi connectivity index (χ0n) is 12.5. The van der Waals surface area contributed by atoms with Gasteiger partial charge in [0.1, 0.15) is 6.04 Å². The second-order valence-electron chi connectivity index (χ2n) is 5.75. The molecule has 0 saturated carbocycles. The minimum Gasteiger partial charge on any atom is -0.321 e. The fraction of sp³-hybridized carbons (Fsp3) is 0.353. The van der Waals surface area contributed by atoms with Crippen LogP contribution in [0.5, 0.6) is 0 Å². The molecule has 3 rings (SSSR count). The van der Waals surface area contributed by atoms with Crippen molar-refractivity contribution in [1.29, 1.82) is 0 Å². The predicted molar refractivity (Wildman–Crippen MR) is 94.4 cm³/mol. The third-order valence-electron chi connectivity index (χ3n) is 4.35. The van der Waals surface area contributed by atoms with Crippen LogP contribution in [0.15, 0.2) is 46.3 Å². The third-order valence-corrected chi connectivity index (χ3v) is 5.87. The Morgan fingerprint density at radius 3 is 2.82 bits per heavy atom. The maximum absolute atomic E-state index is 12.6. The highest BCUT2D eigenvalue weighted by Gasteiger charge is 2.37. The van der Waals surface area contributed by atoms with Gasteiger partial charge in [-0.05, 0) is 42.6 Å². The fourth-order valence-electron chi connectivity index (χ4n) is 3.15. The number of hydrogen-bond donors (Lipinski definition) is 2. The highest BCUT2D eigenvalue weighted by atomic mass is 79.9. The summed E-state index contributed by atoms with van der Waals surface area (Å²) in [6.45, 7) is 3.10. The molecule has 1 aliphatic rings. The first-order chi connectivity index (χ1) is 10.6. The molecule has 3 nitrogen and oxygen atoms in total. The van der Waals surface area contributed by atoms with E-state index in [4.69, 9.17) is 0 Å². The molecule has 1 saturated heterocycles. The number of amides is 1. The number of thiophene rings is 1. The second-order valence-corrected chi connectivity index (χ2v) is 7.65. The quantitative estimate of drug-likeness (QED) is 0.839. The van der Waals surface area contributed by atoms with Gasteiger partial charge in [-0.15, -0.1) is 11.3 Å². The standard InChI is InChI=1S/C17H19BrN2OS/c1-12(17(21)19-14-8-6-13(18)7-9-14)20-10-2-4-15(20)16-5-3-11-22-16/h3,5-9,11-12,15H,2,4,10H2,1H3,(H,19,21)/p+1/t12-,15+/m0/s1. The van der Waals surface area contributed by atoms with Crippen LogP contribution in [-0.2, 0) is 4.79 Å². The number of carbonyl (C=O) groups excluding carboxylic acids is 1. The van der Waals surface area contributed by atoms with Crippen molar-refractivity contribution < 1.29 is 9.69 Å². The van der Waals surface area contributed by atoms with E-state index in [-0.39, 0.29) is 11.9 Å². The van der Waals surface area contributed by atoms with Gasteiger partial charge in [-0.25, -0.2) is 0 Å². The molecular weight excluding hydrogens is 360 g/mol. The monoisotopic (exact) mass is 379 g/mol. The van der Waals surface area contributed by atoms with Gasteiger partial charge in [-0.3, -0.25) is 4.79 Å². The van der Waals surface area contributed by atoms with Gasteiger partial charge in [0.25, 0.3) is 5.91 Å². The van der Waals surface area contributed by atoms with Crippen molar-refractivity contribution in [2.45, 2.75) is 31.8 Å². The molecule has 0 radical (unpaired) electrons. The summed E-state index contributed by atoms with van der Waals surface area (Å²) in [5.74, 6) is 0.0979. The number of halogens is 1. The molecule has 1 aliphatic heterocycles. The maximum Gasteiger partial charge on any atom is 0.282 e. The van der Waals surface area contributed by atoms with Crippen LogP contribution in [0.3, 0.4) is 0 Å². The van der Waals surface area contributed by atoms with Gasteiger partial charge in [-0.1, -0.05) is 22.0 Å². The predicted octanol–water partition coefficient (Wildman–Crippen LogP) is 3.26. The van der Waals surface area contributed by atoms with Crippen LogP contribution < -0.4 is 10.2 Å². The molecule has 2 heterocycles. The molecular formula is C17H20BrN2OS+. The van der Waals surface area contributed by atoms with Crippen molar-refractivity contribution in [3.8, 4) is 0 Å². The Labute approximate surface area is 143 Å². The molecule has 22 heavy (non-hydrogen) atoms. The number of hydrogen-bond acceptors (Lipinski definition) is 2. The number of rotatable bonds is 4. The number of anilines is 1. The van der Waals surface area contributed by atoms with Gasteiger partial charge < -0.3 is 10.2 Å². The average Bonchev–Trinajstić information content (AvgIpc) is 3.19. The number of nitrogens with one attached hydrogen (secondary N) is 2. The van der Waals surface area contributed by atoms with Gasteiger partial charge in [0.15, 0.2) is 6.04 Å². The number of likely N-dealkylation sites (tertiary alicyclic amines) is 1. The molecule has 1 aromatic carbocycles. The van der Waals surface area contributed by atoms with E-state index in [2.05, 4.69) is 38.8 Å². The van der Waals surface area contributed by atoms with E-state index in [0.717, 1.165) is 16.7 Å². The van der Waals surface area contributed by atoms with E-state index < -0.39 is 0 Å². The fourth-order valence-corrected chi connectivity index (χ4v) is 4.32. The van der Waals surface area contributed by atoms with Crippen molar-refractivity contribution in [3.63, 3.8) is 0 Å². The Balaban J connectivity index is 1.68. The van der Waals surface area contributed by atoms with E-state index in [9.17, 15) is 4.79 Å². The van der Waals surface area contributed by atoms with Crippen molar-refractivity contribution in [2.75, 3.05) is 11.9 Å².